The average Bonchev–Trinajstić information content (AvgIpc) is 2.86. The van der Waals surface area contributed by atoms with Gasteiger partial charge in [0.15, 0.2) is 23.9 Å². The molecular formula is C26H41N2O4S+. The summed E-state index contributed by atoms with van der Waals surface area (Å²) >= 11 is 3.95. The van der Waals surface area contributed by atoms with E-state index in [4.69, 9.17) is 14.2 Å². The molecule has 0 saturated carbocycles. The molecule has 2 N–H and O–H groups in total. The van der Waals surface area contributed by atoms with Crippen molar-refractivity contribution in [1.82, 2.24) is 5.32 Å². The van der Waals surface area contributed by atoms with Crippen LogP contribution in [0.15, 0.2) is 36.7 Å². The number of benzene rings is 1. The molecule has 1 aromatic carbocycles. The molecule has 0 aliphatic heterocycles. The van der Waals surface area contributed by atoms with Crippen molar-refractivity contribution in [3.05, 3.63) is 47.8 Å². The van der Waals surface area contributed by atoms with Gasteiger partial charge in [-0.3, -0.25) is 4.79 Å². The van der Waals surface area contributed by atoms with Gasteiger partial charge in [0.1, 0.15) is 5.75 Å². The van der Waals surface area contributed by atoms with E-state index < -0.39 is 0 Å². The molecule has 0 aliphatic rings. The number of hydrogen-bond donors (Lipinski definition) is 2. The lowest BCUT2D eigenvalue weighted by molar-refractivity contribution is -0.378. The standard InChI is InChI=1S/C16H17NO3.C6H13NOS.C4H10/c1-18-14-11-16(20-3)15(19-2)10-13(14)5-4-12-6-8-17-9-7-12;1-2-3-6(8)7-4-5-9;1-3-4-2/h4-11H,1-3H3;9H,2-5H2,1H3,(H,7,8);3-4H2,1-2H3/p+1/b5-4+;;. The van der Waals surface area contributed by atoms with Gasteiger partial charge < -0.3 is 19.5 Å². The lowest BCUT2D eigenvalue weighted by Crippen LogP contribution is -2.24. The quantitative estimate of drug-likeness (QED) is 0.454. The van der Waals surface area contributed by atoms with Crippen molar-refractivity contribution in [1.29, 1.82) is 0 Å². The van der Waals surface area contributed by atoms with Crippen molar-refractivity contribution in [2.24, 2.45) is 0 Å². The third-order valence-corrected chi connectivity index (χ3v) is 4.57. The number of rotatable bonds is 10. The van der Waals surface area contributed by atoms with E-state index >= 15 is 0 Å². The first-order valence-corrected chi connectivity index (χ1v) is 12.0. The van der Waals surface area contributed by atoms with Crippen molar-refractivity contribution in [3.8, 4) is 17.2 Å². The molecule has 0 fully saturated rings. The third kappa shape index (κ3) is 13.5. The van der Waals surface area contributed by atoms with Crippen LogP contribution in [0.5, 0.6) is 17.2 Å². The van der Waals surface area contributed by atoms with Gasteiger partial charge in [-0.05, 0) is 18.1 Å². The molecular weight excluding hydrogens is 436 g/mol. The van der Waals surface area contributed by atoms with Crippen LogP contribution in [0.25, 0.3) is 12.2 Å². The lowest BCUT2D eigenvalue weighted by atomic mass is 10.1. The van der Waals surface area contributed by atoms with Crippen molar-refractivity contribution >= 4 is 30.7 Å². The predicted octanol–water partition coefficient (Wildman–Crippen LogP) is 5.34. The van der Waals surface area contributed by atoms with E-state index in [1.165, 1.54) is 12.8 Å². The largest absolute Gasteiger partial charge is 0.496 e. The van der Waals surface area contributed by atoms with Crippen LogP contribution in [0.4, 0.5) is 0 Å². The van der Waals surface area contributed by atoms with Crippen molar-refractivity contribution in [2.75, 3.05) is 33.6 Å². The fourth-order valence-electron chi connectivity index (χ4n) is 2.39. The van der Waals surface area contributed by atoms with Crippen LogP contribution in [0.1, 0.15) is 57.6 Å². The first kappa shape index (κ1) is 30.3. The molecule has 0 atom stereocenters. The molecule has 33 heavy (non-hydrogen) atoms. The van der Waals surface area contributed by atoms with Gasteiger partial charge in [-0.25, -0.2) is 4.98 Å². The summed E-state index contributed by atoms with van der Waals surface area (Å²) < 4.78 is 16.0. The van der Waals surface area contributed by atoms with Crippen molar-refractivity contribution < 1.29 is 24.0 Å². The third-order valence-electron chi connectivity index (χ3n) is 4.35. The predicted molar refractivity (Wildman–Crippen MR) is 140 cm³/mol. The number of pyridine rings is 1. The molecule has 184 valence electrons. The van der Waals surface area contributed by atoms with Crippen molar-refractivity contribution in [2.45, 2.75) is 46.5 Å². The van der Waals surface area contributed by atoms with E-state index in [9.17, 15) is 4.79 Å². The van der Waals surface area contributed by atoms with Gasteiger partial charge in [0.05, 0.1) is 21.3 Å². The molecule has 0 unspecified atom stereocenters. The fourth-order valence-corrected chi connectivity index (χ4v) is 2.50. The second-order valence-electron chi connectivity index (χ2n) is 6.94. The van der Waals surface area contributed by atoms with Crippen LogP contribution in [-0.4, -0.2) is 39.5 Å². The van der Waals surface area contributed by atoms with Crippen LogP contribution >= 0.6 is 12.6 Å². The summed E-state index contributed by atoms with van der Waals surface area (Å²) in [6.07, 6.45) is 11.9. The highest BCUT2D eigenvalue weighted by Gasteiger charge is 2.09. The number of unbranched alkanes of at least 4 members (excludes halogenated alkanes) is 1. The molecule has 0 aliphatic carbocycles. The molecule has 0 bridgehead atoms. The first-order valence-electron chi connectivity index (χ1n) is 11.3. The van der Waals surface area contributed by atoms with Gasteiger partial charge in [0.25, 0.3) is 0 Å². The van der Waals surface area contributed by atoms with Crippen LogP contribution in [0.3, 0.4) is 0 Å². The van der Waals surface area contributed by atoms with Gasteiger partial charge in [-0.2, -0.15) is 12.6 Å². The number of aromatic nitrogens is 1. The zero-order valence-electron chi connectivity index (χ0n) is 20.9. The highest BCUT2D eigenvalue weighted by atomic mass is 32.1. The highest BCUT2D eigenvalue weighted by Crippen LogP contribution is 2.35. The number of carbonyl (C=O) groups is 1. The number of carbonyl (C=O) groups excluding carboxylic acids is 1. The van der Waals surface area contributed by atoms with Crippen LogP contribution in [0, 0.1) is 0 Å². The molecule has 2 aromatic rings. The number of thiol groups is 1. The van der Waals surface area contributed by atoms with E-state index in [1.54, 1.807) is 21.3 Å². The second-order valence-corrected chi connectivity index (χ2v) is 7.39. The molecule has 1 heterocycles. The Morgan fingerprint density at radius 3 is 1.97 bits per heavy atom. The number of aromatic amines is 1. The molecule has 6 nitrogen and oxygen atoms in total. The summed E-state index contributed by atoms with van der Waals surface area (Å²) in [5.74, 6) is 2.91. The minimum absolute atomic E-state index is 0.131. The van der Waals surface area contributed by atoms with Crippen LogP contribution < -0.4 is 24.5 Å². The monoisotopic (exact) mass is 477 g/mol. The Kier molecular flexibility index (Phi) is 18.4. The molecule has 7 heteroatoms. The highest BCUT2D eigenvalue weighted by molar-refractivity contribution is 7.80. The molecule has 1 aromatic heterocycles. The van der Waals surface area contributed by atoms with Crippen LogP contribution in [0.2, 0.25) is 0 Å². The summed E-state index contributed by atoms with van der Waals surface area (Å²) in [5.41, 5.74) is 2.03. The molecule has 1 amide bonds. The smallest absolute Gasteiger partial charge is 0.220 e. The summed E-state index contributed by atoms with van der Waals surface area (Å²) in [6.45, 7) is 7.03. The minimum Gasteiger partial charge on any atom is -0.496 e. The Hall–Kier alpha value is -2.67. The van der Waals surface area contributed by atoms with E-state index in [-0.39, 0.29) is 5.91 Å². The molecule has 0 saturated heterocycles. The SMILES string of the molecule is CCCC.CCCC(=O)NCCS.COc1cc(OC)c(OC)cc1/C=C/c1cc[nH+]cc1. The summed E-state index contributed by atoms with van der Waals surface area (Å²) in [4.78, 5) is 13.6. The van der Waals surface area contributed by atoms with Gasteiger partial charge >= 0.3 is 0 Å². The molecule has 2 rings (SSSR count). The van der Waals surface area contributed by atoms with E-state index in [1.807, 2.05) is 55.7 Å². The Labute approximate surface area is 205 Å². The normalized spacial score (nSPS) is 9.79. The summed E-state index contributed by atoms with van der Waals surface area (Å²) in [5, 5.41) is 2.72. The summed E-state index contributed by atoms with van der Waals surface area (Å²) in [6, 6.07) is 7.69. The number of H-pyrrole nitrogens is 1. The maximum atomic E-state index is 10.7. The maximum Gasteiger partial charge on any atom is 0.220 e. The summed E-state index contributed by atoms with van der Waals surface area (Å²) in [7, 11) is 4.86. The lowest BCUT2D eigenvalue weighted by Gasteiger charge is -2.12. The van der Waals surface area contributed by atoms with Crippen LogP contribution in [-0.2, 0) is 4.79 Å². The second kappa shape index (κ2) is 20.0. The molecule has 0 spiro atoms. The van der Waals surface area contributed by atoms with Gasteiger partial charge in [-0.15, -0.1) is 0 Å². The Morgan fingerprint density at radius 2 is 1.48 bits per heavy atom. The van der Waals surface area contributed by atoms with E-state index in [2.05, 4.69) is 36.8 Å². The number of ether oxygens (including phenoxy) is 3. The number of hydrogen-bond acceptors (Lipinski definition) is 5. The van der Waals surface area contributed by atoms with E-state index in [0.717, 1.165) is 29.1 Å². The maximum absolute atomic E-state index is 10.7. The average molecular weight is 478 g/mol. The zero-order valence-corrected chi connectivity index (χ0v) is 21.8. The zero-order chi connectivity index (χ0) is 24.9. The van der Waals surface area contributed by atoms with Crippen molar-refractivity contribution in [3.63, 3.8) is 0 Å². The Balaban J connectivity index is 0.000000657. The number of methoxy groups -OCH3 is 3. The van der Waals surface area contributed by atoms with E-state index in [0.29, 0.717) is 24.5 Å². The molecule has 0 radical (unpaired) electrons. The minimum atomic E-state index is 0.131. The van der Waals surface area contributed by atoms with Gasteiger partial charge in [0, 0.05) is 42.5 Å². The van der Waals surface area contributed by atoms with Gasteiger partial charge in [0.2, 0.25) is 5.91 Å². The fraction of sp³-hybridized carbons (Fsp3) is 0.462. The topological polar surface area (TPSA) is 70.9 Å². The Bertz CT molecular complexity index is 796. The van der Waals surface area contributed by atoms with Gasteiger partial charge in [-0.1, -0.05) is 45.8 Å². The number of nitrogens with one attached hydrogen (secondary N) is 2. The number of amides is 1. The first-order chi connectivity index (χ1) is 16.0. The Morgan fingerprint density at radius 1 is 0.909 bits per heavy atom.